The van der Waals surface area contributed by atoms with E-state index in [-0.39, 0.29) is 53.9 Å². The van der Waals surface area contributed by atoms with Crippen molar-refractivity contribution in [1.82, 2.24) is 9.97 Å². The first-order valence-electron chi connectivity index (χ1n) is 23.3. The second kappa shape index (κ2) is 23.7. The van der Waals surface area contributed by atoms with Gasteiger partial charge in [0.15, 0.2) is 5.78 Å². The minimum Gasteiger partial charge on any atom is -0.664 e. The molecule has 1 saturated heterocycles. The first kappa shape index (κ1) is 51.5. The van der Waals surface area contributed by atoms with E-state index in [9.17, 15) is 19.5 Å². The van der Waals surface area contributed by atoms with Crippen LogP contribution in [-0.4, -0.2) is 52.5 Å². The summed E-state index contributed by atoms with van der Waals surface area (Å²) >= 11 is 0. The summed E-state index contributed by atoms with van der Waals surface area (Å²) in [6, 6.07) is 0. The minimum atomic E-state index is -1.44. The average Bonchev–Trinajstić information content (AvgIpc) is 3.90. The first-order valence-corrected chi connectivity index (χ1v) is 23.3. The fourth-order valence-electron chi connectivity index (χ4n) is 9.48. The number of nitrogens with zero attached hydrogens (tertiary/aromatic N) is 3. The van der Waals surface area contributed by atoms with Crippen molar-refractivity contribution in [2.75, 3.05) is 6.61 Å². The van der Waals surface area contributed by atoms with Gasteiger partial charge in [-0.3, -0.25) is 14.4 Å². The molecule has 2 aromatic rings. The van der Waals surface area contributed by atoms with Crippen molar-refractivity contribution in [1.29, 1.82) is 0 Å². The van der Waals surface area contributed by atoms with Crippen molar-refractivity contribution < 1.29 is 24.2 Å². The van der Waals surface area contributed by atoms with Gasteiger partial charge < -0.3 is 25.1 Å². The van der Waals surface area contributed by atoms with E-state index in [2.05, 4.69) is 55.0 Å². The number of hydrogen-bond donors (Lipinski definition) is 1. The SMILES string of the molecule is C=CC1=C\C=c2/[n-]/c(c(CC)c2C)=C\c2[n-]c3c(c2C)C(=O)[C@H](C(=O)O)/C3=C2/[N-]/C(=C\C=C\1C)[C@@H](C)[C@@H]2CCC(=O)OC/C=C(\C)CCC[C@H](C)CCC[C@H](C)CCCC(C)C.[Mg+2]. The molecule has 0 radical (unpaired) electrons. The van der Waals surface area contributed by atoms with Crippen LogP contribution in [0.3, 0.4) is 0 Å². The normalized spacial score (nSPS) is 24.2. The van der Waals surface area contributed by atoms with Crippen LogP contribution in [0.15, 0.2) is 65.1 Å². The van der Waals surface area contributed by atoms with Gasteiger partial charge in [0.05, 0.1) is 0 Å². The van der Waals surface area contributed by atoms with Crippen LogP contribution >= 0.6 is 0 Å². The van der Waals surface area contributed by atoms with Gasteiger partial charge in [-0.1, -0.05) is 157 Å². The third kappa shape index (κ3) is 12.8. The molecule has 0 spiro atoms. The van der Waals surface area contributed by atoms with Gasteiger partial charge in [0.25, 0.3) is 0 Å². The molecular weight excluding hydrogens is 795 g/mol. The predicted octanol–water partition coefficient (Wildman–Crippen LogP) is 10.9. The van der Waals surface area contributed by atoms with Crippen LogP contribution in [0, 0.1) is 49.4 Å². The molecule has 1 fully saturated rings. The second-order valence-corrected chi connectivity index (χ2v) is 18.8. The van der Waals surface area contributed by atoms with E-state index in [0.717, 1.165) is 69.8 Å². The molecule has 0 aromatic carbocycles. The van der Waals surface area contributed by atoms with Gasteiger partial charge in [0, 0.05) is 12.0 Å². The molecule has 2 aliphatic heterocycles. The van der Waals surface area contributed by atoms with Crippen LogP contribution in [0.25, 0.3) is 23.0 Å². The van der Waals surface area contributed by atoms with Crippen molar-refractivity contribution in [3.05, 3.63) is 115 Å². The number of aromatic nitrogens is 2. The Hall–Kier alpha value is -4.08. The standard InChI is InChI=1S/C54H74N3O5.Mg/c1-12-40-24-27-43-37(9)41(13-2)46(55-43)31-45-39(11)48-52(57-45)49(50(53(48)59)54(60)61)51-42(38(10)44(56-51)26-23-36(40)8)25-28-47(58)62-30-29-35(7)22-16-21-34(6)20-15-19-33(5)18-14-17-32(3)4;/h12,23-24,26-27,29,31-34,38,42,50H,1,13-22,25,28,30H2,2-11H3,(H3,56,57,59,60,61);/q-1;+2/p-2/b35-29+,36-23+,40-24+,43-27-,44-26-,46-31-;/t33-,34-,38+,42+,50-;/m1./s1. The average molecular weight is 867 g/mol. The monoisotopic (exact) mass is 867 g/mol. The molecule has 336 valence electrons. The number of hydrogen-bond acceptors (Lipinski definition) is 4. The molecule has 6 bridgehead atoms. The molecule has 63 heavy (non-hydrogen) atoms. The Balaban J connectivity index is 0.00000871. The predicted molar refractivity (Wildman–Crippen MR) is 259 cm³/mol. The number of Topliss-reactive ketones (excluding diaryl/α,β-unsaturated/α-hetero) is 1. The van der Waals surface area contributed by atoms with Crippen LogP contribution in [0.2, 0.25) is 0 Å². The Morgan fingerprint density at radius 3 is 2.19 bits per heavy atom. The Labute approximate surface area is 393 Å². The van der Waals surface area contributed by atoms with Crippen LogP contribution in [-0.2, 0) is 20.7 Å². The van der Waals surface area contributed by atoms with E-state index >= 15 is 0 Å². The van der Waals surface area contributed by atoms with Gasteiger partial charge in [-0.25, -0.2) is 0 Å². The topological polar surface area (TPSA) is 123 Å². The number of rotatable bonds is 20. The van der Waals surface area contributed by atoms with E-state index in [1.165, 1.54) is 50.5 Å². The summed E-state index contributed by atoms with van der Waals surface area (Å²) in [5, 5.41) is 17.3. The number of carbonyl (C=O) groups is 3. The summed E-state index contributed by atoms with van der Waals surface area (Å²) < 4.78 is 5.73. The molecule has 0 amide bonds. The smallest absolute Gasteiger partial charge is 0.664 e. The number of ketones is 1. The molecule has 5 atom stereocenters. The van der Waals surface area contributed by atoms with Crippen LogP contribution in [0.1, 0.15) is 164 Å². The molecule has 2 aromatic heterocycles. The summed E-state index contributed by atoms with van der Waals surface area (Å²) in [6.07, 6.45) is 26.2. The van der Waals surface area contributed by atoms with Crippen molar-refractivity contribution in [2.45, 2.75) is 146 Å². The number of allylic oxidation sites excluding steroid dienone is 9. The van der Waals surface area contributed by atoms with Crippen molar-refractivity contribution in [3.63, 3.8) is 0 Å². The third-order valence-corrected chi connectivity index (χ3v) is 13.6. The summed E-state index contributed by atoms with van der Waals surface area (Å²) in [5.74, 6) is -1.68. The zero-order valence-corrected chi connectivity index (χ0v) is 41.4. The van der Waals surface area contributed by atoms with Gasteiger partial charge in [-0.2, -0.15) is 11.4 Å². The van der Waals surface area contributed by atoms with Crippen LogP contribution < -0.4 is 20.7 Å². The van der Waals surface area contributed by atoms with Gasteiger partial charge in [0.2, 0.25) is 0 Å². The molecule has 3 aliphatic rings. The Morgan fingerprint density at radius 2 is 1.56 bits per heavy atom. The summed E-state index contributed by atoms with van der Waals surface area (Å²) in [7, 11) is 0. The Morgan fingerprint density at radius 1 is 0.889 bits per heavy atom. The minimum absolute atomic E-state index is 0. The quantitative estimate of drug-likeness (QED) is 0.0608. The zero-order valence-electron chi connectivity index (χ0n) is 40.0. The largest absolute Gasteiger partial charge is 2.00 e. The molecule has 0 saturated carbocycles. The molecule has 1 N–H and O–H groups in total. The summed E-state index contributed by atoms with van der Waals surface area (Å²) in [5.41, 5.74) is 8.74. The molecule has 9 heteroatoms. The van der Waals surface area contributed by atoms with Crippen molar-refractivity contribution in [2.24, 2.45) is 35.5 Å². The molecule has 4 heterocycles. The number of fused-ring (bicyclic) bond motifs is 5. The molecule has 1 aliphatic carbocycles. The van der Waals surface area contributed by atoms with Gasteiger partial charge in [-0.05, 0) is 100 Å². The van der Waals surface area contributed by atoms with Crippen molar-refractivity contribution >= 4 is 58.5 Å². The van der Waals surface area contributed by atoms with E-state index in [1.807, 2.05) is 63.3 Å². The van der Waals surface area contributed by atoms with Crippen LogP contribution in [0.5, 0.6) is 0 Å². The number of aliphatic carboxylic acids is 1. The molecule has 5 rings (SSSR count). The summed E-state index contributed by atoms with van der Waals surface area (Å²) in [4.78, 5) is 50.3. The number of carboxylic acids is 1. The maximum Gasteiger partial charge on any atom is 2.00 e. The maximum absolute atomic E-state index is 14.1. The number of carboxylic acid groups (broad SMARTS) is 1. The van der Waals surface area contributed by atoms with Gasteiger partial charge in [0.1, 0.15) is 12.5 Å². The second-order valence-electron chi connectivity index (χ2n) is 18.8. The van der Waals surface area contributed by atoms with E-state index in [0.29, 0.717) is 46.1 Å². The zero-order chi connectivity index (χ0) is 45.2. The van der Waals surface area contributed by atoms with Crippen LogP contribution in [0.4, 0.5) is 0 Å². The van der Waals surface area contributed by atoms with E-state index in [4.69, 9.17) is 20.0 Å². The molecular formula is C54H72MgN3O5-. The first-order chi connectivity index (χ1) is 29.6. The van der Waals surface area contributed by atoms with E-state index in [1.54, 1.807) is 0 Å². The van der Waals surface area contributed by atoms with E-state index < -0.39 is 17.7 Å². The molecule has 0 unspecified atom stereocenters. The fourth-order valence-corrected chi connectivity index (χ4v) is 9.48. The van der Waals surface area contributed by atoms with Gasteiger partial charge >= 0.3 is 35.0 Å². The fraction of sp³-hybridized carbons (Fsp3) is 0.537. The maximum atomic E-state index is 14.1. The Kier molecular flexibility index (Phi) is 19.4. The number of esters is 1. The third-order valence-electron chi connectivity index (χ3n) is 13.6. The number of carbonyl (C=O) groups excluding carboxylic acids is 2. The Bertz CT molecular complexity index is 2280. The van der Waals surface area contributed by atoms with Crippen molar-refractivity contribution in [3.8, 4) is 0 Å². The summed E-state index contributed by atoms with van der Waals surface area (Å²) in [6.45, 7) is 25.8. The molecule has 8 nitrogen and oxygen atoms in total. The van der Waals surface area contributed by atoms with Gasteiger partial charge in [-0.15, -0.1) is 22.1 Å². The number of ether oxygens (including phenoxy) is 1.